The Morgan fingerprint density at radius 2 is 2.20 bits per heavy atom. The minimum absolute atomic E-state index is 0.226. The van der Waals surface area contributed by atoms with Crippen LogP contribution in [-0.2, 0) is 4.79 Å². The van der Waals surface area contributed by atoms with Crippen LogP contribution in [0.2, 0.25) is 0 Å². The van der Waals surface area contributed by atoms with Crippen molar-refractivity contribution in [3.63, 3.8) is 0 Å². The van der Waals surface area contributed by atoms with E-state index in [1.807, 2.05) is 0 Å². The lowest BCUT2D eigenvalue weighted by atomic mass is 9.87. The minimum atomic E-state index is -1.50. The Kier molecular flexibility index (Phi) is 2.78. The fraction of sp³-hybridized carbons (Fsp3) is 0.571. The smallest absolute Gasteiger partial charge is 0.310 e. The van der Waals surface area contributed by atoms with E-state index in [2.05, 4.69) is 0 Å². The number of hydroxylamine groups is 3. The minimum Gasteiger partial charge on any atom is -0.622 e. The third kappa shape index (κ3) is 1.46. The molecule has 2 aliphatic rings. The molecule has 1 N–H and O–H groups in total. The number of ketones is 1. The average Bonchev–Trinajstić information content (AvgIpc) is 2.95. The maximum atomic E-state index is 12.8. The van der Waals surface area contributed by atoms with Crippen molar-refractivity contribution in [1.82, 2.24) is 5.06 Å². The van der Waals surface area contributed by atoms with Crippen molar-refractivity contribution in [1.29, 1.82) is 0 Å². The highest BCUT2D eigenvalue weighted by atomic mass is 16.6. The van der Waals surface area contributed by atoms with Gasteiger partial charge in [-0.05, 0) is 38.8 Å². The van der Waals surface area contributed by atoms with Crippen LogP contribution >= 0.6 is 0 Å². The summed E-state index contributed by atoms with van der Waals surface area (Å²) in [5, 5.41) is 24.3. The molecule has 6 nitrogen and oxygen atoms in total. The number of rotatable bonds is 1. The molecule has 1 spiro atoms. The fourth-order valence-corrected chi connectivity index (χ4v) is 3.33. The lowest BCUT2D eigenvalue weighted by molar-refractivity contribution is -0.574. The first kappa shape index (κ1) is 13.3. The van der Waals surface area contributed by atoms with Gasteiger partial charge in [0.1, 0.15) is 5.54 Å². The van der Waals surface area contributed by atoms with Crippen molar-refractivity contribution in [3.8, 4) is 0 Å². The van der Waals surface area contributed by atoms with Crippen molar-refractivity contribution in [2.45, 2.75) is 50.7 Å². The Morgan fingerprint density at radius 1 is 1.45 bits per heavy atom. The Balaban J connectivity index is 2.21. The third-order valence-electron chi connectivity index (χ3n) is 4.38. The Hall–Kier alpha value is -1.66. The first-order valence-corrected chi connectivity index (χ1v) is 6.83. The molecule has 0 bridgehead atoms. The van der Waals surface area contributed by atoms with E-state index >= 15 is 0 Å². The molecule has 1 saturated carbocycles. The zero-order chi connectivity index (χ0) is 14.5. The van der Waals surface area contributed by atoms with Gasteiger partial charge in [-0.15, -0.1) is 5.06 Å². The molecular weight excluding hydrogens is 260 g/mol. The Labute approximate surface area is 116 Å². The molecule has 0 radical (unpaired) electrons. The third-order valence-corrected chi connectivity index (χ3v) is 4.38. The van der Waals surface area contributed by atoms with Gasteiger partial charge in [0.2, 0.25) is 5.78 Å². The fourth-order valence-electron chi connectivity index (χ4n) is 3.33. The summed E-state index contributed by atoms with van der Waals surface area (Å²) in [4.78, 5) is 12.4. The van der Waals surface area contributed by atoms with Crippen molar-refractivity contribution in [2.75, 3.05) is 0 Å². The molecule has 6 heteroatoms. The molecule has 1 aromatic heterocycles. The molecule has 1 aliphatic heterocycles. The molecule has 2 heterocycles. The monoisotopic (exact) mass is 278 g/mol. The Bertz CT molecular complexity index is 576. The van der Waals surface area contributed by atoms with Crippen molar-refractivity contribution in [3.05, 3.63) is 29.4 Å². The summed E-state index contributed by atoms with van der Waals surface area (Å²) in [5.41, 5.74) is -2.18. The maximum Gasteiger partial charge on any atom is 0.310 e. The molecule has 3 rings (SSSR count). The molecular formula is C14H18N2O4. The highest BCUT2D eigenvalue weighted by Gasteiger charge is 2.66. The number of carbonyl (C=O) groups excluding carboxylic acids is 1. The summed E-state index contributed by atoms with van der Waals surface area (Å²) in [5.74, 6) is 0.162. The van der Waals surface area contributed by atoms with Crippen molar-refractivity contribution < 1.29 is 19.2 Å². The zero-order valence-electron chi connectivity index (χ0n) is 11.6. The van der Waals surface area contributed by atoms with Gasteiger partial charge in [-0.25, -0.2) is 0 Å². The molecule has 1 fully saturated rings. The van der Waals surface area contributed by atoms with Crippen LogP contribution < -0.4 is 0 Å². The van der Waals surface area contributed by atoms with Crippen LogP contribution in [0.4, 0.5) is 0 Å². The summed E-state index contributed by atoms with van der Waals surface area (Å²) in [7, 11) is 0. The first-order valence-electron chi connectivity index (χ1n) is 6.83. The number of carbonyl (C=O) groups is 1. The van der Waals surface area contributed by atoms with Crippen molar-refractivity contribution in [2.24, 2.45) is 0 Å². The van der Waals surface area contributed by atoms with Crippen LogP contribution in [-0.4, -0.2) is 37.7 Å². The van der Waals surface area contributed by atoms with E-state index < -0.39 is 11.2 Å². The highest BCUT2D eigenvalue weighted by Crippen LogP contribution is 2.41. The van der Waals surface area contributed by atoms with E-state index in [1.54, 1.807) is 26.0 Å². The summed E-state index contributed by atoms with van der Waals surface area (Å²) in [6.45, 7) is 3.43. The normalized spacial score (nSPS) is 30.4. The molecule has 0 aromatic carbocycles. The molecule has 0 saturated heterocycles. The molecule has 20 heavy (non-hydrogen) atoms. The largest absolute Gasteiger partial charge is 0.622 e. The van der Waals surface area contributed by atoms with E-state index in [0.717, 1.165) is 17.9 Å². The molecule has 0 amide bonds. The molecule has 108 valence electrons. The van der Waals surface area contributed by atoms with Crippen LogP contribution in [0.15, 0.2) is 22.8 Å². The van der Waals surface area contributed by atoms with Crippen molar-refractivity contribution >= 4 is 11.5 Å². The molecule has 0 unspecified atom stereocenters. The summed E-state index contributed by atoms with van der Waals surface area (Å²) < 4.78 is 5.97. The quantitative estimate of drug-likeness (QED) is 0.627. The van der Waals surface area contributed by atoms with Gasteiger partial charge in [-0.1, -0.05) is 0 Å². The van der Waals surface area contributed by atoms with E-state index in [9.17, 15) is 15.2 Å². The van der Waals surface area contributed by atoms with E-state index in [4.69, 9.17) is 4.42 Å². The van der Waals surface area contributed by atoms with Crippen LogP contribution in [0.25, 0.3) is 0 Å². The predicted octanol–water partition coefficient (Wildman–Crippen LogP) is 1.90. The second-order valence-electron chi connectivity index (χ2n) is 5.94. The first-order chi connectivity index (χ1) is 9.42. The highest BCUT2D eigenvalue weighted by molar-refractivity contribution is 6.04. The van der Waals surface area contributed by atoms with Gasteiger partial charge in [0.05, 0.1) is 6.26 Å². The SMILES string of the molecule is CC1(C)C(c2ccco2)=[N+]([O-])[C@@]2(CCCCC2=O)N1O. The van der Waals surface area contributed by atoms with Gasteiger partial charge in [0.25, 0.3) is 5.71 Å². The Morgan fingerprint density at radius 3 is 2.80 bits per heavy atom. The number of furan rings is 1. The molecule has 1 aliphatic carbocycles. The van der Waals surface area contributed by atoms with E-state index in [0.29, 0.717) is 29.1 Å². The summed E-state index contributed by atoms with van der Waals surface area (Å²) in [6, 6.07) is 3.35. The predicted molar refractivity (Wildman–Crippen MR) is 70.4 cm³/mol. The topological polar surface area (TPSA) is 79.8 Å². The standard InChI is InChI=1S/C14H18N2O4/c1-13(2)12(10-6-5-9-20-10)15(18)14(16(13)19)8-4-3-7-11(14)17/h5-6,9,19H,3-4,7-8H2,1-2H3/t14-/m0/s1. The van der Waals surface area contributed by atoms with Crippen LogP contribution in [0.3, 0.4) is 0 Å². The van der Waals surface area contributed by atoms with Crippen LogP contribution in [0.1, 0.15) is 45.3 Å². The summed E-state index contributed by atoms with van der Waals surface area (Å²) in [6.07, 6.45) is 3.63. The second-order valence-corrected chi connectivity index (χ2v) is 5.94. The second kappa shape index (κ2) is 4.17. The zero-order valence-corrected chi connectivity index (χ0v) is 11.6. The molecule has 1 aromatic rings. The number of hydrogen-bond acceptors (Lipinski definition) is 5. The summed E-state index contributed by atoms with van der Waals surface area (Å²) >= 11 is 0. The van der Waals surface area contributed by atoms with Gasteiger partial charge >= 0.3 is 5.66 Å². The van der Waals surface area contributed by atoms with Gasteiger partial charge in [-0.2, -0.15) is 4.74 Å². The van der Waals surface area contributed by atoms with E-state index in [-0.39, 0.29) is 5.78 Å². The average molecular weight is 278 g/mol. The van der Waals surface area contributed by atoms with Gasteiger partial charge in [0, 0.05) is 12.8 Å². The number of hydrogen-bond donors (Lipinski definition) is 1. The van der Waals surface area contributed by atoms with Gasteiger partial charge in [-0.3, -0.25) is 4.79 Å². The number of Topliss-reactive ketones (excluding diaryl/α,β-unsaturated/α-hetero) is 1. The van der Waals surface area contributed by atoms with Gasteiger partial charge in [0.15, 0.2) is 5.76 Å². The maximum absolute atomic E-state index is 12.8. The number of nitrogens with zero attached hydrogens (tertiary/aromatic N) is 2. The van der Waals surface area contributed by atoms with Gasteiger partial charge < -0.3 is 14.8 Å². The molecule has 1 atom stereocenters. The van der Waals surface area contributed by atoms with E-state index in [1.165, 1.54) is 6.26 Å². The van der Waals surface area contributed by atoms with Crippen LogP contribution in [0.5, 0.6) is 0 Å². The van der Waals surface area contributed by atoms with Crippen LogP contribution in [0, 0.1) is 5.21 Å². The lowest BCUT2D eigenvalue weighted by Crippen LogP contribution is -2.60. The lowest BCUT2D eigenvalue weighted by Gasteiger charge is -2.36.